The Hall–Kier alpha value is -3.68. The summed E-state index contributed by atoms with van der Waals surface area (Å²) in [4.78, 5) is 12.8. The smallest absolute Gasteiger partial charge is 0.248 e. The first-order valence-corrected chi connectivity index (χ1v) is 9.90. The van der Waals surface area contributed by atoms with E-state index in [1.165, 1.54) is 0 Å². The van der Waals surface area contributed by atoms with Crippen molar-refractivity contribution in [1.82, 2.24) is 20.2 Å². The van der Waals surface area contributed by atoms with Gasteiger partial charge in [-0.25, -0.2) is 0 Å². The number of allylic oxidation sites excluding steroid dienone is 2. The summed E-state index contributed by atoms with van der Waals surface area (Å²) >= 11 is 0. The van der Waals surface area contributed by atoms with Crippen LogP contribution in [-0.2, 0) is 11.4 Å². The average Bonchev–Trinajstić information content (AvgIpc) is 3.25. The number of tetrazole rings is 1. The fraction of sp³-hybridized carbons (Fsp3) is 0.273. The third-order valence-corrected chi connectivity index (χ3v) is 5.47. The van der Waals surface area contributed by atoms with Crippen LogP contribution < -0.4 is 14.8 Å². The molecular weight excluding hydrogens is 382 g/mol. The molecular formula is C22H21N5O3. The minimum atomic E-state index is -0.399. The van der Waals surface area contributed by atoms with Crippen LogP contribution in [0.3, 0.4) is 0 Å². The maximum absolute atomic E-state index is 12.8. The van der Waals surface area contributed by atoms with Crippen LogP contribution in [0.1, 0.15) is 36.4 Å². The van der Waals surface area contributed by atoms with Crippen molar-refractivity contribution < 1.29 is 14.3 Å². The number of nitrogens with one attached hydrogen (secondary N) is 1. The van der Waals surface area contributed by atoms with Crippen LogP contribution in [0.4, 0.5) is 5.95 Å². The van der Waals surface area contributed by atoms with Crippen LogP contribution in [0.5, 0.6) is 11.5 Å². The third-order valence-electron chi connectivity index (χ3n) is 5.47. The Labute approximate surface area is 173 Å². The molecule has 0 bridgehead atoms. The molecule has 0 spiro atoms. The van der Waals surface area contributed by atoms with Gasteiger partial charge in [-0.1, -0.05) is 41.5 Å². The highest BCUT2D eigenvalue weighted by Crippen LogP contribution is 2.41. The van der Waals surface area contributed by atoms with Crippen molar-refractivity contribution in [3.05, 3.63) is 70.9 Å². The molecule has 5 rings (SSSR count). The molecule has 2 heterocycles. The van der Waals surface area contributed by atoms with Gasteiger partial charge < -0.3 is 14.8 Å². The molecule has 0 amide bonds. The van der Waals surface area contributed by atoms with Gasteiger partial charge in [0.2, 0.25) is 5.95 Å². The monoisotopic (exact) mass is 403 g/mol. The summed E-state index contributed by atoms with van der Waals surface area (Å²) in [5.74, 6) is 1.90. The molecule has 1 N–H and O–H groups in total. The summed E-state index contributed by atoms with van der Waals surface area (Å²) in [6.45, 7) is 0.413. The molecule has 152 valence electrons. The number of methoxy groups -OCH3 is 1. The molecule has 0 unspecified atom stereocenters. The van der Waals surface area contributed by atoms with Gasteiger partial charge in [-0.05, 0) is 46.5 Å². The van der Waals surface area contributed by atoms with Crippen LogP contribution in [0.2, 0.25) is 0 Å². The normalized spacial score (nSPS) is 17.8. The molecule has 30 heavy (non-hydrogen) atoms. The number of carbonyl (C=O) groups is 1. The summed E-state index contributed by atoms with van der Waals surface area (Å²) in [7, 11) is 1.61. The molecule has 1 aromatic heterocycles. The Balaban J connectivity index is 1.54. The largest absolute Gasteiger partial charge is 0.493 e. The lowest BCUT2D eigenvalue weighted by atomic mass is 9.85. The second-order valence-electron chi connectivity index (χ2n) is 7.33. The predicted molar refractivity (Wildman–Crippen MR) is 109 cm³/mol. The molecule has 0 saturated heterocycles. The molecule has 0 saturated carbocycles. The summed E-state index contributed by atoms with van der Waals surface area (Å²) in [5.41, 5.74) is 3.56. The van der Waals surface area contributed by atoms with Gasteiger partial charge in [-0.3, -0.25) is 4.79 Å². The first kappa shape index (κ1) is 18.4. The van der Waals surface area contributed by atoms with E-state index in [1.54, 1.807) is 11.8 Å². The van der Waals surface area contributed by atoms with Crippen LogP contribution >= 0.6 is 0 Å². The van der Waals surface area contributed by atoms with Crippen LogP contribution in [-0.4, -0.2) is 33.1 Å². The summed E-state index contributed by atoms with van der Waals surface area (Å²) in [6.07, 6.45) is 2.16. The van der Waals surface area contributed by atoms with Gasteiger partial charge in [0.15, 0.2) is 17.3 Å². The first-order valence-electron chi connectivity index (χ1n) is 9.90. The highest BCUT2D eigenvalue weighted by Gasteiger charge is 2.36. The maximum Gasteiger partial charge on any atom is 0.248 e. The predicted octanol–water partition coefficient (Wildman–Crippen LogP) is 3.28. The number of ether oxygens (including phenoxy) is 2. The van der Waals surface area contributed by atoms with E-state index in [0.29, 0.717) is 30.5 Å². The van der Waals surface area contributed by atoms with E-state index in [4.69, 9.17) is 9.47 Å². The number of carbonyl (C=O) groups excluding carboxylic acids is 1. The fourth-order valence-corrected chi connectivity index (χ4v) is 4.04. The van der Waals surface area contributed by atoms with Gasteiger partial charge in [-0.2, -0.15) is 4.68 Å². The summed E-state index contributed by atoms with van der Waals surface area (Å²) < 4.78 is 13.2. The fourth-order valence-electron chi connectivity index (χ4n) is 4.04. The topological polar surface area (TPSA) is 91.2 Å². The lowest BCUT2D eigenvalue weighted by Gasteiger charge is -2.31. The van der Waals surface area contributed by atoms with E-state index in [1.807, 2.05) is 48.5 Å². The number of fused-ring (bicyclic) bond motifs is 1. The molecule has 8 heteroatoms. The van der Waals surface area contributed by atoms with E-state index in [2.05, 4.69) is 20.8 Å². The van der Waals surface area contributed by atoms with E-state index in [0.717, 1.165) is 35.2 Å². The highest BCUT2D eigenvalue weighted by atomic mass is 16.5. The van der Waals surface area contributed by atoms with Crippen LogP contribution in [0.25, 0.3) is 0 Å². The summed E-state index contributed by atoms with van der Waals surface area (Å²) in [5, 5.41) is 15.2. The number of anilines is 1. The first-order chi connectivity index (χ1) is 14.7. The SMILES string of the molecule is COc1ccc([C@H]2C3=C(CCCC3=O)Nc3nnnn32)cc1OCc1ccccc1. The standard InChI is InChI=1S/C22H21N5O3/c1-29-18-11-10-15(12-19(18)30-13-14-6-3-2-4-7-14)21-20-16(8-5-9-17(20)28)23-22-24-25-26-27(21)22/h2-4,6-7,10-12,21H,5,8-9,13H2,1H3,(H,23,24,26)/t21-/m0/s1. The van der Waals surface area contributed by atoms with Crippen molar-refractivity contribution in [2.75, 3.05) is 12.4 Å². The number of benzene rings is 2. The minimum absolute atomic E-state index is 0.123. The molecule has 1 aliphatic heterocycles. The zero-order valence-corrected chi connectivity index (χ0v) is 16.5. The number of rotatable bonds is 5. The Kier molecular flexibility index (Phi) is 4.66. The van der Waals surface area contributed by atoms with Crippen LogP contribution in [0, 0.1) is 0 Å². The zero-order chi connectivity index (χ0) is 20.5. The average molecular weight is 403 g/mol. The Bertz CT molecular complexity index is 1120. The van der Waals surface area contributed by atoms with Gasteiger partial charge >= 0.3 is 0 Å². The maximum atomic E-state index is 12.8. The molecule has 3 aromatic rings. The third kappa shape index (κ3) is 3.20. The van der Waals surface area contributed by atoms with Crippen molar-refractivity contribution >= 4 is 11.7 Å². The van der Waals surface area contributed by atoms with Crippen molar-refractivity contribution in [3.8, 4) is 11.5 Å². The second kappa shape index (κ2) is 7.62. The molecule has 0 fully saturated rings. The Morgan fingerprint density at radius 3 is 2.83 bits per heavy atom. The van der Waals surface area contributed by atoms with E-state index >= 15 is 0 Å². The molecule has 8 nitrogen and oxygen atoms in total. The van der Waals surface area contributed by atoms with Gasteiger partial charge in [0, 0.05) is 17.7 Å². The molecule has 0 radical (unpaired) electrons. The number of nitrogens with zero attached hydrogens (tertiary/aromatic N) is 4. The molecule has 2 aliphatic rings. The molecule has 2 aromatic carbocycles. The second-order valence-corrected chi connectivity index (χ2v) is 7.33. The minimum Gasteiger partial charge on any atom is -0.493 e. The van der Waals surface area contributed by atoms with E-state index < -0.39 is 6.04 Å². The van der Waals surface area contributed by atoms with Gasteiger partial charge in [-0.15, -0.1) is 0 Å². The molecule has 1 atom stereocenters. The summed E-state index contributed by atoms with van der Waals surface area (Å²) in [6, 6.07) is 15.2. The lowest BCUT2D eigenvalue weighted by molar-refractivity contribution is -0.116. The van der Waals surface area contributed by atoms with Gasteiger partial charge in [0.05, 0.1) is 7.11 Å². The van der Waals surface area contributed by atoms with E-state index in [-0.39, 0.29) is 5.78 Å². The van der Waals surface area contributed by atoms with Crippen molar-refractivity contribution in [2.24, 2.45) is 0 Å². The lowest BCUT2D eigenvalue weighted by Crippen LogP contribution is -2.31. The Morgan fingerprint density at radius 1 is 1.13 bits per heavy atom. The number of hydrogen-bond acceptors (Lipinski definition) is 7. The van der Waals surface area contributed by atoms with Gasteiger partial charge in [0.25, 0.3) is 0 Å². The number of Topliss-reactive ketones (excluding diaryl/α,β-unsaturated/α-hetero) is 1. The van der Waals surface area contributed by atoms with E-state index in [9.17, 15) is 4.79 Å². The van der Waals surface area contributed by atoms with Crippen molar-refractivity contribution in [2.45, 2.75) is 31.9 Å². The number of ketones is 1. The number of hydrogen-bond donors (Lipinski definition) is 1. The van der Waals surface area contributed by atoms with Crippen molar-refractivity contribution in [1.29, 1.82) is 0 Å². The van der Waals surface area contributed by atoms with Crippen molar-refractivity contribution in [3.63, 3.8) is 0 Å². The number of aromatic nitrogens is 4. The molecule has 1 aliphatic carbocycles. The van der Waals surface area contributed by atoms with Crippen LogP contribution in [0.15, 0.2) is 59.8 Å². The quantitative estimate of drug-likeness (QED) is 0.699. The Morgan fingerprint density at radius 2 is 2.00 bits per heavy atom. The highest BCUT2D eigenvalue weighted by molar-refractivity contribution is 5.99. The zero-order valence-electron chi connectivity index (χ0n) is 16.5. The van der Waals surface area contributed by atoms with Gasteiger partial charge in [0.1, 0.15) is 12.6 Å².